The first-order valence-electron chi connectivity index (χ1n) is 7.89. The molecule has 0 saturated carbocycles. The van der Waals surface area contributed by atoms with Gasteiger partial charge in [0, 0.05) is 37.5 Å². The van der Waals surface area contributed by atoms with E-state index in [9.17, 15) is 19.2 Å². The summed E-state index contributed by atoms with van der Waals surface area (Å²) in [5.41, 5.74) is 0.816. The topological polar surface area (TPSA) is 88.5 Å². The molecular weight excluding hydrogens is 342 g/mol. The second kappa shape index (κ2) is 7.52. The third-order valence-corrected chi connectivity index (χ3v) is 4.79. The molecule has 8 heteroatoms. The van der Waals surface area contributed by atoms with Crippen LogP contribution < -0.4 is 5.32 Å². The minimum absolute atomic E-state index is 0.0575. The molecule has 0 unspecified atom stereocenters. The lowest BCUT2D eigenvalue weighted by molar-refractivity contribution is -0.125. The van der Waals surface area contributed by atoms with Gasteiger partial charge in [-0.25, -0.2) is 0 Å². The molecule has 1 aliphatic heterocycles. The van der Waals surface area contributed by atoms with E-state index in [1.165, 1.54) is 0 Å². The Morgan fingerprint density at radius 3 is 2.68 bits per heavy atom. The molecule has 1 saturated heterocycles. The first kappa shape index (κ1) is 17.2. The van der Waals surface area contributed by atoms with Gasteiger partial charge < -0.3 is 5.32 Å². The maximum absolute atomic E-state index is 12.3. The van der Waals surface area contributed by atoms with Gasteiger partial charge in [0.1, 0.15) is 0 Å². The number of aromatic nitrogens is 1. The van der Waals surface area contributed by atoms with Gasteiger partial charge in [-0.2, -0.15) is 0 Å². The molecule has 0 atom stereocenters. The van der Waals surface area contributed by atoms with Crippen molar-refractivity contribution < 1.29 is 19.2 Å². The van der Waals surface area contributed by atoms with Crippen molar-refractivity contribution in [3.8, 4) is 0 Å². The van der Waals surface area contributed by atoms with Gasteiger partial charge in [-0.1, -0.05) is 30.0 Å². The molecule has 3 rings (SSSR count). The van der Waals surface area contributed by atoms with Crippen molar-refractivity contribution in [2.75, 3.05) is 18.8 Å². The third-order valence-electron chi connectivity index (χ3n) is 3.93. The second-order valence-corrected chi connectivity index (χ2v) is 6.51. The van der Waals surface area contributed by atoms with Crippen molar-refractivity contribution in [2.24, 2.45) is 0 Å². The number of fused-ring (bicyclic) bond motifs is 1. The zero-order valence-electron chi connectivity index (χ0n) is 13.4. The maximum Gasteiger partial charge on any atom is 0.288 e. The smallest absolute Gasteiger partial charge is 0.288 e. The Bertz CT molecular complexity index is 829. The van der Waals surface area contributed by atoms with Crippen LogP contribution in [0.5, 0.6) is 0 Å². The zero-order chi connectivity index (χ0) is 17.8. The lowest BCUT2D eigenvalue weighted by Crippen LogP contribution is -2.37. The molecule has 0 spiro atoms. The molecule has 1 aromatic heterocycles. The fraction of sp³-hybridized carbons (Fsp3) is 0.294. The van der Waals surface area contributed by atoms with E-state index >= 15 is 0 Å². The summed E-state index contributed by atoms with van der Waals surface area (Å²) in [5.74, 6) is -0.514. The molecule has 7 nitrogen and oxygen atoms in total. The number of rotatable bonds is 6. The molecule has 0 radical (unpaired) electrons. The van der Waals surface area contributed by atoms with E-state index in [1.54, 1.807) is 10.8 Å². The average Bonchev–Trinajstić information content (AvgIpc) is 3.18. The van der Waals surface area contributed by atoms with Gasteiger partial charge in [0.25, 0.3) is 5.24 Å². The van der Waals surface area contributed by atoms with Crippen LogP contribution in [0.15, 0.2) is 36.5 Å². The number of nitrogens with zero attached hydrogens (tertiary/aromatic N) is 2. The number of carbonyl (C=O) groups excluding carboxylic acids is 4. The fourth-order valence-corrected chi connectivity index (χ4v) is 3.39. The van der Waals surface area contributed by atoms with E-state index in [2.05, 4.69) is 5.32 Å². The quantitative estimate of drug-likeness (QED) is 0.851. The van der Waals surface area contributed by atoms with E-state index in [4.69, 9.17) is 0 Å². The number of imide groups is 1. The van der Waals surface area contributed by atoms with Crippen LogP contribution in [-0.2, 0) is 9.59 Å². The predicted octanol–water partition coefficient (Wildman–Crippen LogP) is 1.87. The summed E-state index contributed by atoms with van der Waals surface area (Å²) in [6.07, 6.45) is 1.84. The Labute approximate surface area is 148 Å². The van der Waals surface area contributed by atoms with Crippen LogP contribution >= 0.6 is 11.8 Å². The van der Waals surface area contributed by atoms with E-state index in [-0.39, 0.29) is 54.6 Å². The van der Waals surface area contributed by atoms with Gasteiger partial charge in [0.2, 0.25) is 17.7 Å². The highest BCUT2D eigenvalue weighted by Gasteiger charge is 2.29. The highest BCUT2D eigenvalue weighted by molar-refractivity contribution is 8.14. The Morgan fingerprint density at radius 2 is 1.92 bits per heavy atom. The Morgan fingerprint density at radius 1 is 1.12 bits per heavy atom. The van der Waals surface area contributed by atoms with Crippen LogP contribution in [0, 0.1) is 0 Å². The van der Waals surface area contributed by atoms with E-state index in [0.29, 0.717) is 0 Å². The lowest BCUT2D eigenvalue weighted by atomic mass is 10.2. The Hall–Kier alpha value is -2.61. The van der Waals surface area contributed by atoms with Gasteiger partial charge in [0.15, 0.2) is 0 Å². The molecule has 130 valence electrons. The van der Waals surface area contributed by atoms with Crippen LogP contribution in [0.4, 0.5) is 4.79 Å². The van der Waals surface area contributed by atoms with E-state index in [0.717, 1.165) is 27.6 Å². The normalized spacial score (nSPS) is 14.3. The molecular formula is C17H17N3O4S. The average molecular weight is 359 g/mol. The summed E-state index contributed by atoms with van der Waals surface area (Å²) in [7, 11) is 0. The van der Waals surface area contributed by atoms with Crippen LogP contribution in [0.2, 0.25) is 0 Å². The largest absolute Gasteiger partial charge is 0.354 e. The van der Waals surface area contributed by atoms with Crippen LogP contribution in [-0.4, -0.2) is 51.3 Å². The zero-order valence-corrected chi connectivity index (χ0v) is 14.3. The van der Waals surface area contributed by atoms with Gasteiger partial charge in [-0.05, 0) is 12.1 Å². The number of benzene rings is 1. The molecule has 1 aromatic carbocycles. The summed E-state index contributed by atoms with van der Waals surface area (Å²) in [6, 6.07) is 9.40. The molecule has 2 aromatic rings. The van der Waals surface area contributed by atoms with Gasteiger partial charge in [0.05, 0.1) is 11.3 Å². The van der Waals surface area contributed by atoms with Crippen LogP contribution in [0.3, 0.4) is 0 Å². The van der Waals surface area contributed by atoms with Gasteiger partial charge >= 0.3 is 0 Å². The van der Waals surface area contributed by atoms with Crippen molar-refractivity contribution in [3.63, 3.8) is 0 Å². The number of para-hydroxylation sites is 1. The minimum atomic E-state index is -0.283. The van der Waals surface area contributed by atoms with E-state index < -0.39 is 0 Å². The highest BCUT2D eigenvalue weighted by Crippen LogP contribution is 2.18. The fourth-order valence-electron chi connectivity index (χ4n) is 2.63. The highest BCUT2D eigenvalue weighted by atomic mass is 32.2. The molecule has 0 bridgehead atoms. The van der Waals surface area contributed by atoms with Crippen molar-refractivity contribution in [1.29, 1.82) is 0 Å². The number of nitrogens with one attached hydrogen (secondary N) is 1. The third kappa shape index (κ3) is 3.90. The summed E-state index contributed by atoms with van der Waals surface area (Å²) in [5, 5.41) is 3.32. The second-order valence-electron chi connectivity index (χ2n) is 5.59. The first-order valence-corrected chi connectivity index (χ1v) is 8.88. The van der Waals surface area contributed by atoms with Crippen molar-refractivity contribution in [3.05, 3.63) is 36.5 Å². The lowest BCUT2D eigenvalue weighted by Gasteiger charge is -2.13. The number of amides is 3. The molecule has 25 heavy (non-hydrogen) atoms. The number of hydrogen-bond acceptors (Lipinski definition) is 5. The number of hydrogen-bond donors (Lipinski definition) is 1. The summed E-state index contributed by atoms with van der Waals surface area (Å²) in [6.45, 7) is 0.351. The molecule has 0 aliphatic carbocycles. The summed E-state index contributed by atoms with van der Waals surface area (Å²) >= 11 is 0.963. The first-order chi connectivity index (χ1) is 12.1. The van der Waals surface area contributed by atoms with Crippen LogP contribution in [0.25, 0.3) is 10.9 Å². The summed E-state index contributed by atoms with van der Waals surface area (Å²) in [4.78, 5) is 48.1. The van der Waals surface area contributed by atoms with Crippen LogP contribution in [0.1, 0.15) is 17.6 Å². The minimum Gasteiger partial charge on any atom is -0.354 e. The molecule has 1 aliphatic rings. The van der Waals surface area contributed by atoms with Crippen molar-refractivity contribution in [1.82, 2.24) is 14.8 Å². The summed E-state index contributed by atoms with van der Waals surface area (Å²) < 4.78 is 1.54. The van der Waals surface area contributed by atoms with Crippen molar-refractivity contribution in [2.45, 2.75) is 12.8 Å². The maximum atomic E-state index is 12.3. The number of thioether (sulfide) groups is 1. The Balaban J connectivity index is 1.45. The Kier molecular flexibility index (Phi) is 5.18. The molecule has 1 fully saturated rings. The molecule has 3 amide bonds. The predicted molar refractivity (Wildman–Crippen MR) is 94.4 cm³/mol. The standard InChI is InChI=1S/C17H17N3O4S/c21-14(18-8-10-20-16(23)11-25-17(20)24)5-6-15(22)19-9-7-12-3-1-2-4-13(12)19/h1-4,7,9H,5-6,8,10-11H2,(H,18,21). The van der Waals surface area contributed by atoms with Gasteiger partial charge in [-0.15, -0.1) is 0 Å². The monoisotopic (exact) mass is 359 g/mol. The van der Waals surface area contributed by atoms with Crippen molar-refractivity contribution >= 4 is 45.6 Å². The SMILES string of the molecule is O=C(CCC(=O)n1ccc2ccccc21)NCCN1C(=O)CSC1=O. The molecule has 1 N–H and O–H groups in total. The van der Waals surface area contributed by atoms with Gasteiger partial charge in [-0.3, -0.25) is 28.6 Å². The van der Waals surface area contributed by atoms with E-state index in [1.807, 2.05) is 30.3 Å². The molecule has 2 heterocycles. The number of carbonyl (C=O) groups is 4.